The van der Waals surface area contributed by atoms with E-state index in [-0.39, 0.29) is 11.5 Å². The van der Waals surface area contributed by atoms with Crippen LogP contribution in [0.4, 0.5) is 0 Å². The molecular formula is C12H17NO3. The predicted molar refractivity (Wildman–Crippen MR) is 58.8 cm³/mol. The molecule has 4 heteroatoms. The SMILES string of the molecule is COC(=O)CC1(NCc2ccoc2)CCC1. The Labute approximate surface area is 95.0 Å². The molecule has 0 unspecified atom stereocenters. The Balaban J connectivity index is 1.87. The summed E-state index contributed by atoms with van der Waals surface area (Å²) >= 11 is 0. The highest BCUT2D eigenvalue weighted by atomic mass is 16.5. The van der Waals surface area contributed by atoms with Crippen molar-refractivity contribution < 1.29 is 13.9 Å². The van der Waals surface area contributed by atoms with E-state index in [4.69, 9.17) is 9.15 Å². The molecule has 0 aliphatic heterocycles. The molecule has 1 aliphatic rings. The predicted octanol–water partition coefficient (Wildman–Crippen LogP) is 1.85. The molecule has 4 nitrogen and oxygen atoms in total. The van der Waals surface area contributed by atoms with Gasteiger partial charge in [-0.05, 0) is 25.3 Å². The number of nitrogens with one attached hydrogen (secondary N) is 1. The third-order valence-electron chi connectivity index (χ3n) is 3.27. The molecule has 1 heterocycles. The van der Waals surface area contributed by atoms with Crippen molar-refractivity contribution >= 4 is 5.97 Å². The smallest absolute Gasteiger partial charge is 0.307 e. The number of hydrogen-bond donors (Lipinski definition) is 1. The van der Waals surface area contributed by atoms with Gasteiger partial charge in [0, 0.05) is 17.6 Å². The highest BCUT2D eigenvalue weighted by molar-refractivity contribution is 5.71. The van der Waals surface area contributed by atoms with Gasteiger partial charge >= 0.3 is 5.97 Å². The minimum atomic E-state index is -0.139. The van der Waals surface area contributed by atoms with E-state index in [1.165, 1.54) is 13.5 Å². The lowest BCUT2D eigenvalue weighted by molar-refractivity contribution is -0.143. The lowest BCUT2D eigenvalue weighted by atomic mass is 9.74. The van der Waals surface area contributed by atoms with E-state index >= 15 is 0 Å². The topological polar surface area (TPSA) is 51.5 Å². The van der Waals surface area contributed by atoms with Crippen LogP contribution in [0.2, 0.25) is 0 Å². The Hall–Kier alpha value is -1.29. The van der Waals surface area contributed by atoms with E-state index < -0.39 is 0 Å². The summed E-state index contributed by atoms with van der Waals surface area (Å²) in [6.45, 7) is 0.744. The first-order valence-electron chi connectivity index (χ1n) is 5.57. The van der Waals surface area contributed by atoms with Gasteiger partial charge in [-0.1, -0.05) is 0 Å². The summed E-state index contributed by atoms with van der Waals surface area (Å²) in [7, 11) is 1.44. The Morgan fingerprint density at radius 3 is 2.94 bits per heavy atom. The highest BCUT2D eigenvalue weighted by Gasteiger charge is 2.38. The van der Waals surface area contributed by atoms with Gasteiger partial charge in [0.05, 0.1) is 26.1 Å². The molecule has 0 bridgehead atoms. The van der Waals surface area contributed by atoms with Gasteiger partial charge in [0.2, 0.25) is 0 Å². The fraction of sp³-hybridized carbons (Fsp3) is 0.583. The summed E-state index contributed by atoms with van der Waals surface area (Å²) in [6.07, 6.45) is 7.10. The van der Waals surface area contributed by atoms with E-state index in [0.717, 1.165) is 24.9 Å². The molecule has 1 aromatic heterocycles. The zero-order valence-corrected chi connectivity index (χ0v) is 9.49. The van der Waals surface area contributed by atoms with Crippen LogP contribution in [0.15, 0.2) is 23.0 Å². The van der Waals surface area contributed by atoms with Gasteiger partial charge in [-0.15, -0.1) is 0 Å². The molecule has 16 heavy (non-hydrogen) atoms. The van der Waals surface area contributed by atoms with Gasteiger partial charge in [0.1, 0.15) is 0 Å². The van der Waals surface area contributed by atoms with Crippen molar-refractivity contribution in [1.29, 1.82) is 0 Å². The van der Waals surface area contributed by atoms with E-state index in [9.17, 15) is 4.79 Å². The Morgan fingerprint density at radius 1 is 1.62 bits per heavy atom. The average Bonchev–Trinajstić information content (AvgIpc) is 2.74. The zero-order valence-electron chi connectivity index (χ0n) is 9.49. The van der Waals surface area contributed by atoms with Gasteiger partial charge in [-0.2, -0.15) is 0 Å². The lowest BCUT2D eigenvalue weighted by Crippen LogP contribution is -2.52. The second kappa shape index (κ2) is 4.70. The number of furan rings is 1. The number of carbonyl (C=O) groups excluding carboxylic acids is 1. The van der Waals surface area contributed by atoms with Crippen molar-refractivity contribution in [3.05, 3.63) is 24.2 Å². The quantitative estimate of drug-likeness (QED) is 0.774. The van der Waals surface area contributed by atoms with Crippen molar-refractivity contribution in [3.63, 3.8) is 0 Å². The molecule has 2 rings (SSSR count). The maximum absolute atomic E-state index is 11.3. The molecule has 1 fully saturated rings. The summed E-state index contributed by atoms with van der Waals surface area (Å²) < 4.78 is 9.72. The third-order valence-corrected chi connectivity index (χ3v) is 3.27. The number of carbonyl (C=O) groups is 1. The van der Waals surface area contributed by atoms with E-state index in [1.54, 1.807) is 12.5 Å². The summed E-state index contributed by atoms with van der Waals surface area (Å²) in [5.74, 6) is -0.139. The highest BCUT2D eigenvalue weighted by Crippen LogP contribution is 2.35. The molecular weight excluding hydrogens is 206 g/mol. The minimum Gasteiger partial charge on any atom is -0.472 e. The molecule has 0 spiro atoms. The van der Waals surface area contributed by atoms with Crippen LogP contribution in [0.5, 0.6) is 0 Å². The first-order valence-corrected chi connectivity index (χ1v) is 5.57. The second-order valence-corrected chi connectivity index (χ2v) is 4.37. The summed E-state index contributed by atoms with van der Waals surface area (Å²) in [5, 5.41) is 3.44. The van der Waals surface area contributed by atoms with Crippen LogP contribution >= 0.6 is 0 Å². The van der Waals surface area contributed by atoms with Crippen LogP contribution in [-0.4, -0.2) is 18.6 Å². The summed E-state index contributed by atoms with van der Waals surface area (Å²) in [6, 6.07) is 1.93. The number of methoxy groups -OCH3 is 1. The van der Waals surface area contributed by atoms with Crippen LogP contribution in [0.1, 0.15) is 31.2 Å². The zero-order chi connectivity index (χ0) is 11.4. The Kier molecular flexibility index (Phi) is 3.29. The van der Waals surface area contributed by atoms with Crippen molar-refractivity contribution in [3.8, 4) is 0 Å². The molecule has 1 N–H and O–H groups in total. The largest absolute Gasteiger partial charge is 0.472 e. The maximum Gasteiger partial charge on any atom is 0.307 e. The van der Waals surface area contributed by atoms with Crippen LogP contribution in [0, 0.1) is 0 Å². The Morgan fingerprint density at radius 2 is 2.44 bits per heavy atom. The van der Waals surface area contributed by atoms with Gasteiger partial charge in [0.15, 0.2) is 0 Å². The normalized spacial score (nSPS) is 17.8. The van der Waals surface area contributed by atoms with Gasteiger partial charge in [-0.25, -0.2) is 0 Å². The van der Waals surface area contributed by atoms with Crippen molar-refractivity contribution in [1.82, 2.24) is 5.32 Å². The summed E-state index contributed by atoms with van der Waals surface area (Å²) in [4.78, 5) is 11.3. The van der Waals surface area contributed by atoms with E-state index in [0.29, 0.717) is 6.42 Å². The van der Waals surface area contributed by atoms with Gasteiger partial charge in [-0.3, -0.25) is 4.79 Å². The fourth-order valence-corrected chi connectivity index (χ4v) is 2.05. The lowest BCUT2D eigenvalue weighted by Gasteiger charge is -2.42. The van der Waals surface area contributed by atoms with Gasteiger partial charge < -0.3 is 14.5 Å². The van der Waals surface area contributed by atoms with E-state index in [2.05, 4.69) is 5.32 Å². The summed E-state index contributed by atoms with van der Waals surface area (Å²) in [5.41, 5.74) is 1.06. The molecule has 1 saturated carbocycles. The third kappa shape index (κ3) is 2.44. The number of esters is 1. The molecule has 88 valence electrons. The first-order chi connectivity index (χ1) is 7.74. The number of ether oxygens (including phenoxy) is 1. The average molecular weight is 223 g/mol. The van der Waals surface area contributed by atoms with Crippen molar-refractivity contribution in [2.75, 3.05) is 7.11 Å². The van der Waals surface area contributed by atoms with E-state index in [1.807, 2.05) is 6.07 Å². The number of rotatable bonds is 5. The number of hydrogen-bond acceptors (Lipinski definition) is 4. The van der Waals surface area contributed by atoms with Crippen molar-refractivity contribution in [2.45, 2.75) is 37.8 Å². The molecule has 0 aromatic carbocycles. The van der Waals surface area contributed by atoms with Gasteiger partial charge in [0.25, 0.3) is 0 Å². The van der Waals surface area contributed by atoms with Crippen molar-refractivity contribution in [2.24, 2.45) is 0 Å². The maximum atomic E-state index is 11.3. The molecule has 0 atom stereocenters. The molecule has 0 amide bonds. The molecule has 1 aliphatic carbocycles. The van der Waals surface area contributed by atoms with Crippen LogP contribution in [-0.2, 0) is 16.1 Å². The standard InChI is InChI=1S/C12H17NO3/c1-15-11(14)7-12(4-2-5-12)13-8-10-3-6-16-9-10/h3,6,9,13H,2,4-5,7-8H2,1H3. The van der Waals surface area contributed by atoms with Crippen LogP contribution in [0.3, 0.4) is 0 Å². The van der Waals surface area contributed by atoms with Crippen LogP contribution in [0.25, 0.3) is 0 Å². The first kappa shape index (κ1) is 11.2. The van der Waals surface area contributed by atoms with Crippen LogP contribution < -0.4 is 5.32 Å². The monoisotopic (exact) mass is 223 g/mol. The molecule has 1 aromatic rings. The molecule has 0 saturated heterocycles. The second-order valence-electron chi connectivity index (χ2n) is 4.37. The molecule has 0 radical (unpaired) electrons. The fourth-order valence-electron chi connectivity index (χ4n) is 2.05. The Bertz CT molecular complexity index is 341. The minimum absolute atomic E-state index is 0.0512.